The molecule has 0 saturated heterocycles. The van der Waals surface area contributed by atoms with Crippen molar-refractivity contribution in [3.05, 3.63) is 65.7 Å². The van der Waals surface area contributed by atoms with Crippen molar-refractivity contribution in [2.45, 2.75) is 26.1 Å². The Kier molecular flexibility index (Phi) is 4.54. The second-order valence-electron chi connectivity index (χ2n) is 7.26. The molecule has 0 bridgehead atoms. The van der Waals surface area contributed by atoms with Crippen molar-refractivity contribution in [1.82, 2.24) is 24.4 Å². The van der Waals surface area contributed by atoms with Gasteiger partial charge in [0, 0.05) is 24.4 Å². The van der Waals surface area contributed by atoms with Gasteiger partial charge in [-0.05, 0) is 38.1 Å². The van der Waals surface area contributed by atoms with Crippen molar-refractivity contribution in [2.75, 3.05) is 0 Å². The van der Waals surface area contributed by atoms with Crippen molar-refractivity contribution in [1.29, 1.82) is 0 Å². The van der Waals surface area contributed by atoms with Crippen molar-refractivity contribution >= 4 is 5.65 Å². The largest absolute Gasteiger partial charge is 0.484 e. The molecule has 9 heteroatoms. The molecule has 0 aliphatic rings. The summed E-state index contributed by atoms with van der Waals surface area (Å²) in [6, 6.07) is 5.87. The maximum Gasteiger partial charge on any atom is 0.174 e. The Morgan fingerprint density at radius 3 is 2.69 bits per heavy atom. The number of fused-ring (bicyclic) bond motifs is 1. The van der Waals surface area contributed by atoms with E-state index in [2.05, 4.69) is 15.3 Å². The quantitative estimate of drug-likeness (QED) is 0.558. The van der Waals surface area contributed by atoms with Crippen LogP contribution in [0.3, 0.4) is 0 Å². The number of hydrogen-bond acceptors (Lipinski definition) is 5. The van der Waals surface area contributed by atoms with Gasteiger partial charge >= 0.3 is 0 Å². The van der Waals surface area contributed by atoms with E-state index in [4.69, 9.17) is 4.74 Å². The number of aryl methyl sites for hydroxylation is 1. The first-order valence-electron chi connectivity index (χ1n) is 8.90. The Bertz CT molecular complexity index is 1190. The Labute approximate surface area is 165 Å². The molecule has 7 nitrogen and oxygen atoms in total. The van der Waals surface area contributed by atoms with Gasteiger partial charge in [-0.15, -0.1) is 5.10 Å². The van der Waals surface area contributed by atoms with Gasteiger partial charge in [0.1, 0.15) is 12.3 Å². The van der Waals surface area contributed by atoms with Crippen LogP contribution in [0.4, 0.5) is 8.78 Å². The zero-order valence-corrected chi connectivity index (χ0v) is 16.1. The highest BCUT2D eigenvalue weighted by Crippen LogP contribution is 2.30. The predicted molar refractivity (Wildman–Crippen MR) is 101 cm³/mol. The van der Waals surface area contributed by atoms with Gasteiger partial charge in [0.15, 0.2) is 23.0 Å². The maximum atomic E-state index is 14.8. The van der Waals surface area contributed by atoms with Gasteiger partial charge in [-0.3, -0.25) is 9.08 Å². The summed E-state index contributed by atoms with van der Waals surface area (Å²) < 4.78 is 37.6. The number of aliphatic hydroxyl groups is 1. The van der Waals surface area contributed by atoms with E-state index in [1.807, 2.05) is 0 Å². The lowest BCUT2D eigenvalue weighted by Gasteiger charge is -2.18. The summed E-state index contributed by atoms with van der Waals surface area (Å²) in [6.07, 6.45) is 4.79. The summed E-state index contributed by atoms with van der Waals surface area (Å²) in [7, 11) is 1.73. The molecular formula is C20H19F2N5O2. The Morgan fingerprint density at radius 2 is 2.00 bits per heavy atom. The van der Waals surface area contributed by atoms with Crippen LogP contribution in [0.1, 0.15) is 25.1 Å². The van der Waals surface area contributed by atoms with E-state index in [1.54, 1.807) is 29.9 Å². The normalized spacial score (nSPS) is 11.9. The van der Waals surface area contributed by atoms with Crippen molar-refractivity contribution in [3.8, 4) is 17.0 Å². The summed E-state index contributed by atoms with van der Waals surface area (Å²) in [5.41, 5.74) is 0.609. The van der Waals surface area contributed by atoms with Gasteiger partial charge in [0.05, 0.1) is 23.7 Å². The van der Waals surface area contributed by atoms with Crippen LogP contribution in [-0.2, 0) is 19.3 Å². The standard InChI is InChI=1S/C20H19F2N5O2/c1-20(2,28)14-6-7-27-16(9-23-19(27)18(14)22)12-4-5-15(21)17(8-12)29-11-13-10-26(3)25-24-13/h4-10,28H,11H2,1-3H3. The average Bonchev–Trinajstić information content (AvgIpc) is 3.27. The summed E-state index contributed by atoms with van der Waals surface area (Å²) in [5, 5.41) is 17.8. The number of imidazole rings is 1. The lowest BCUT2D eigenvalue weighted by atomic mass is 9.99. The molecule has 0 saturated carbocycles. The number of ether oxygens (including phenoxy) is 1. The smallest absolute Gasteiger partial charge is 0.174 e. The molecule has 4 rings (SSSR count). The minimum atomic E-state index is -1.34. The van der Waals surface area contributed by atoms with E-state index in [1.165, 1.54) is 42.9 Å². The van der Waals surface area contributed by atoms with Crippen LogP contribution in [0.25, 0.3) is 16.9 Å². The van der Waals surface area contributed by atoms with Gasteiger partial charge in [-0.2, -0.15) is 0 Å². The second-order valence-corrected chi connectivity index (χ2v) is 7.26. The number of halogens is 2. The van der Waals surface area contributed by atoms with Crippen LogP contribution >= 0.6 is 0 Å². The molecule has 0 radical (unpaired) electrons. The topological polar surface area (TPSA) is 77.5 Å². The number of aromatic nitrogens is 5. The molecule has 0 fully saturated rings. The van der Waals surface area contributed by atoms with E-state index in [9.17, 15) is 13.9 Å². The van der Waals surface area contributed by atoms with Crippen LogP contribution in [0, 0.1) is 11.6 Å². The number of hydrogen-bond donors (Lipinski definition) is 1. The van der Waals surface area contributed by atoms with Gasteiger partial charge < -0.3 is 9.84 Å². The highest BCUT2D eigenvalue weighted by Gasteiger charge is 2.24. The second kappa shape index (κ2) is 6.93. The first-order valence-corrected chi connectivity index (χ1v) is 8.90. The fourth-order valence-corrected chi connectivity index (χ4v) is 3.09. The Morgan fingerprint density at radius 1 is 1.21 bits per heavy atom. The molecule has 29 heavy (non-hydrogen) atoms. The van der Waals surface area contributed by atoms with Gasteiger partial charge in [-0.1, -0.05) is 5.21 Å². The number of rotatable bonds is 5. The maximum absolute atomic E-state index is 14.8. The fourth-order valence-electron chi connectivity index (χ4n) is 3.09. The molecule has 0 aliphatic carbocycles. The third kappa shape index (κ3) is 3.56. The van der Waals surface area contributed by atoms with E-state index in [0.29, 0.717) is 17.0 Å². The van der Waals surface area contributed by atoms with E-state index in [0.717, 1.165) is 0 Å². The Hall–Kier alpha value is -3.33. The molecular weight excluding hydrogens is 380 g/mol. The molecule has 0 aliphatic heterocycles. The molecule has 4 aromatic rings. The molecule has 0 atom stereocenters. The number of benzene rings is 1. The molecule has 150 valence electrons. The van der Waals surface area contributed by atoms with Gasteiger partial charge in [0.25, 0.3) is 0 Å². The third-order valence-corrected chi connectivity index (χ3v) is 4.53. The lowest BCUT2D eigenvalue weighted by Crippen LogP contribution is -2.18. The summed E-state index contributed by atoms with van der Waals surface area (Å²) in [4.78, 5) is 4.14. The van der Waals surface area contributed by atoms with Crippen LogP contribution in [0.2, 0.25) is 0 Å². The van der Waals surface area contributed by atoms with E-state index in [-0.39, 0.29) is 23.6 Å². The van der Waals surface area contributed by atoms with Crippen molar-refractivity contribution < 1.29 is 18.6 Å². The first-order chi connectivity index (χ1) is 13.7. The fraction of sp³-hybridized carbons (Fsp3) is 0.250. The summed E-state index contributed by atoms with van der Waals surface area (Å²) >= 11 is 0. The summed E-state index contributed by atoms with van der Waals surface area (Å²) in [5.74, 6) is -1.09. The molecule has 3 heterocycles. The SMILES string of the molecule is Cn1cc(COc2cc(-c3cnc4c(F)c(C(C)(C)O)ccn34)ccc2F)nn1. The predicted octanol–water partition coefficient (Wildman–Crippen LogP) is 3.21. The average molecular weight is 399 g/mol. The molecule has 0 amide bonds. The molecule has 1 aromatic carbocycles. The minimum Gasteiger partial charge on any atom is -0.484 e. The Balaban J connectivity index is 1.69. The zero-order valence-electron chi connectivity index (χ0n) is 16.1. The highest BCUT2D eigenvalue weighted by atomic mass is 19.1. The van der Waals surface area contributed by atoms with E-state index < -0.39 is 17.2 Å². The number of nitrogens with zero attached hydrogens (tertiary/aromatic N) is 5. The minimum absolute atomic E-state index is 0.0386. The van der Waals surface area contributed by atoms with Crippen LogP contribution in [-0.4, -0.2) is 29.5 Å². The van der Waals surface area contributed by atoms with Crippen molar-refractivity contribution in [3.63, 3.8) is 0 Å². The summed E-state index contributed by atoms with van der Waals surface area (Å²) in [6.45, 7) is 3.07. The van der Waals surface area contributed by atoms with Gasteiger partial charge in [-0.25, -0.2) is 13.8 Å². The zero-order chi connectivity index (χ0) is 20.8. The molecule has 0 unspecified atom stereocenters. The van der Waals surface area contributed by atoms with Crippen LogP contribution in [0.15, 0.2) is 42.9 Å². The van der Waals surface area contributed by atoms with Crippen LogP contribution < -0.4 is 4.74 Å². The van der Waals surface area contributed by atoms with E-state index >= 15 is 0 Å². The first kappa shape index (κ1) is 19.0. The third-order valence-electron chi connectivity index (χ3n) is 4.53. The van der Waals surface area contributed by atoms with Gasteiger partial charge in [0.2, 0.25) is 0 Å². The molecule has 0 spiro atoms. The molecule has 1 N–H and O–H groups in total. The van der Waals surface area contributed by atoms with Crippen molar-refractivity contribution in [2.24, 2.45) is 7.05 Å². The lowest BCUT2D eigenvalue weighted by molar-refractivity contribution is 0.0746. The monoisotopic (exact) mass is 399 g/mol. The number of pyridine rings is 1. The highest BCUT2D eigenvalue weighted by molar-refractivity contribution is 5.66. The molecule has 3 aromatic heterocycles. The van der Waals surface area contributed by atoms with Crippen LogP contribution in [0.5, 0.6) is 5.75 Å².